The summed E-state index contributed by atoms with van der Waals surface area (Å²) >= 11 is 0. The van der Waals surface area contributed by atoms with Crippen LogP contribution >= 0.6 is 0 Å². The molecular weight excluding hydrogens is 435 g/mol. The van der Waals surface area contributed by atoms with E-state index in [2.05, 4.69) is 45.1 Å². The first-order chi connectivity index (χ1) is 16.7. The van der Waals surface area contributed by atoms with Crippen molar-refractivity contribution in [2.75, 3.05) is 0 Å². The van der Waals surface area contributed by atoms with E-state index in [1.807, 2.05) is 48.5 Å². The van der Waals surface area contributed by atoms with E-state index >= 15 is 0 Å². The van der Waals surface area contributed by atoms with Gasteiger partial charge in [-0.25, -0.2) is 0 Å². The molecule has 3 saturated carbocycles. The molecule has 6 heteroatoms. The molecule has 0 radical (unpaired) electrons. The van der Waals surface area contributed by atoms with Crippen LogP contribution in [0.5, 0.6) is 0 Å². The Morgan fingerprint density at radius 1 is 1.03 bits per heavy atom. The zero-order chi connectivity index (χ0) is 24.8. The molecule has 7 atom stereocenters. The van der Waals surface area contributed by atoms with E-state index in [0.29, 0.717) is 30.1 Å². The Hall–Kier alpha value is -2.15. The molecule has 2 aromatic rings. The fourth-order valence-corrected chi connectivity index (χ4v) is 6.80. The lowest BCUT2D eigenvalue weighted by molar-refractivity contribution is -0.199. The van der Waals surface area contributed by atoms with Gasteiger partial charge in [-0.05, 0) is 61.0 Å². The fraction of sp³-hybridized carbons (Fsp3) is 0.552. The maximum absolute atomic E-state index is 13.2. The molecule has 35 heavy (non-hydrogen) atoms. The Labute approximate surface area is 210 Å². The first-order valence-corrected chi connectivity index (χ1v) is 13.2. The van der Waals surface area contributed by atoms with Crippen LogP contribution in [0.4, 0.5) is 0 Å². The summed E-state index contributed by atoms with van der Waals surface area (Å²) in [5, 5.41) is 3.27. The predicted molar refractivity (Wildman–Crippen MR) is 140 cm³/mol. The Balaban J connectivity index is 1.31. The quantitative estimate of drug-likeness (QED) is 0.557. The number of benzene rings is 2. The summed E-state index contributed by atoms with van der Waals surface area (Å²) < 4.78 is 13.3. The van der Waals surface area contributed by atoms with E-state index in [1.165, 1.54) is 12.0 Å². The minimum atomic E-state index is -0.610. The summed E-state index contributed by atoms with van der Waals surface area (Å²) in [6.07, 6.45) is 3.62. The van der Waals surface area contributed by atoms with E-state index in [-0.39, 0.29) is 36.6 Å². The molecule has 186 valence electrons. The monoisotopic (exact) mass is 474 g/mol. The number of amides is 1. The number of nitrogens with two attached hydrogens (primary N) is 1. The smallest absolute Gasteiger partial charge is 0.405 e. The van der Waals surface area contributed by atoms with Crippen LogP contribution in [-0.2, 0) is 26.9 Å². The number of hydrogen-bond acceptors (Lipinski definition) is 4. The third kappa shape index (κ3) is 4.57. The van der Waals surface area contributed by atoms with Gasteiger partial charge in [0.2, 0.25) is 5.91 Å². The normalized spacial score (nSPS) is 31.1. The third-order valence-electron chi connectivity index (χ3n) is 9.29. The molecule has 3 N–H and O–H groups in total. The highest BCUT2D eigenvalue weighted by Gasteiger charge is 2.68. The zero-order valence-electron chi connectivity index (χ0n) is 21.4. The molecule has 4 fully saturated rings. The van der Waals surface area contributed by atoms with E-state index in [4.69, 9.17) is 15.0 Å². The van der Waals surface area contributed by atoms with Crippen LogP contribution in [0.1, 0.15) is 51.7 Å². The van der Waals surface area contributed by atoms with Crippen molar-refractivity contribution >= 4 is 13.0 Å². The fourth-order valence-electron chi connectivity index (χ4n) is 6.80. The SMILES string of the molecule is C[C@@H](B1OC2CC3CC(C3(C)C)[C@@]2(C)O1)[C@@H](Cc1ccccc1)NC(=O)C(N)Cc1ccccc1. The summed E-state index contributed by atoms with van der Waals surface area (Å²) in [6.45, 7) is 9.13. The molecule has 3 aliphatic carbocycles. The molecule has 1 saturated heterocycles. The zero-order valence-corrected chi connectivity index (χ0v) is 21.4. The highest BCUT2D eigenvalue weighted by molar-refractivity contribution is 6.47. The highest BCUT2D eigenvalue weighted by Crippen LogP contribution is 2.66. The minimum Gasteiger partial charge on any atom is -0.405 e. The van der Waals surface area contributed by atoms with E-state index in [9.17, 15) is 4.79 Å². The van der Waals surface area contributed by atoms with Crippen LogP contribution in [0, 0.1) is 17.3 Å². The second-order valence-electron chi connectivity index (χ2n) is 11.8. The number of carbonyl (C=O) groups excluding carboxylic acids is 1. The van der Waals surface area contributed by atoms with Crippen LogP contribution in [0.2, 0.25) is 5.82 Å². The Kier molecular flexibility index (Phi) is 6.58. The van der Waals surface area contributed by atoms with Crippen LogP contribution in [0.25, 0.3) is 0 Å². The molecule has 2 aromatic carbocycles. The average molecular weight is 474 g/mol. The molecular formula is C29H39BN2O3. The van der Waals surface area contributed by atoms with Gasteiger partial charge in [-0.1, -0.05) is 81.4 Å². The minimum absolute atomic E-state index is 0.0224. The molecule has 0 aromatic heterocycles. The van der Waals surface area contributed by atoms with Gasteiger partial charge in [0.1, 0.15) is 0 Å². The number of carbonyl (C=O) groups is 1. The Morgan fingerprint density at radius 2 is 1.63 bits per heavy atom. The third-order valence-corrected chi connectivity index (χ3v) is 9.29. The maximum Gasteiger partial charge on any atom is 0.462 e. The summed E-state index contributed by atoms with van der Waals surface area (Å²) in [5.74, 6) is 1.06. The van der Waals surface area contributed by atoms with E-state index in [1.54, 1.807) is 0 Å². The van der Waals surface area contributed by atoms with Crippen molar-refractivity contribution in [3.05, 3.63) is 71.8 Å². The second kappa shape index (κ2) is 9.38. The van der Waals surface area contributed by atoms with Crippen LogP contribution < -0.4 is 11.1 Å². The lowest BCUT2D eigenvalue weighted by atomic mass is 9.43. The number of rotatable bonds is 8. The average Bonchev–Trinajstić information content (AvgIpc) is 3.21. The summed E-state index contributed by atoms with van der Waals surface area (Å²) in [5.41, 5.74) is 8.61. The second-order valence-corrected chi connectivity index (χ2v) is 11.8. The van der Waals surface area contributed by atoms with Crippen LogP contribution in [-0.4, -0.2) is 36.8 Å². The van der Waals surface area contributed by atoms with Gasteiger partial charge in [0.25, 0.3) is 0 Å². The maximum atomic E-state index is 13.2. The van der Waals surface area contributed by atoms with Gasteiger partial charge >= 0.3 is 7.12 Å². The summed E-state index contributed by atoms with van der Waals surface area (Å²) in [4.78, 5) is 13.2. The van der Waals surface area contributed by atoms with Gasteiger partial charge in [0.15, 0.2) is 0 Å². The molecule has 4 aliphatic rings. The molecule has 2 bridgehead atoms. The molecule has 5 nitrogen and oxygen atoms in total. The van der Waals surface area contributed by atoms with Gasteiger partial charge in [0.05, 0.1) is 17.7 Å². The Bertz CT molecular complexity index is 1030. The van der Waals surface area contributed by atoms with Gasteiger partial charge < -0.3 is 20.4 Å². The van der Waals surface area contributed by atoms with Crippen LogP contribution in [0.3, 0.4) is 0 Å². The van der Waals surface area contributed by atoms with Crippen molar-refractivity contribution < 1.29 is 14.1 Å². The first-order valence-electron chi connectivity index (χ1n) is 13.2. The lowest BCUT2D eigenvalue weighted by Gasteiger charge is -2.64. The molecule has 1 amide bonds. The predicted octanol–water partition coefficient (Wildman–Crippen LogP) is 4.40. The van der Waals surface area contributed by atoms with Gasteiger partial charge in [-0.15, -0.1) is 0 Å². The Morgan fingerprint density at radius 3 is 2.23 bits per heavy atom. The van der Waals surface area contributed by atoms with E-state index in [0.717, 1.165) is 12.0 Å². The largest absolute Gasteiger partial charge is 0.462 e. The van der Waals surface area contributed by atoms with Crippen molar-refractivity contribution in [1.82, 2.24) is 5.32 Å². The molecule has 4 unspecified atom stereocenters. The topological polar surface area (TPSA) is 73.6 Å². The van der Waals surface area contributed by atoms with Gasteiger partial charge in [-0.3, -0.25) is 4.79 Å². The first kappa shape index (κ1) is 24.5. The van der Waals surface area contributed by atoms with Crippen molar-refractivity contribution in [3.63, 3.8) is 0 Å². The summed E-state index contributed by atoms with van der Waals surface area (Å²) in [6, 6.07) is 19.5. The van der Waals surface area contributed by atoms with Crippen molar-refractivity contribution in [2.45, 2.75) is 83.0 Å². The van der Waals surface area contributed by atoms with Gasteiger partial charge in [-0.2, -0.15) is 0 Å². The van der Waals surface area contributed by atoms with E-state index < -0.39 is 6.04 Å². The standard InChI is InChI=1S/C29H39BN2O3/c1-19(30-34-26-18-22-17-25(28(22,2)3)29(26,4)35-30)24(16-21-13-9-6-10-14-21)32-27(33)23(31)15-20-11-7-5-8-12-20/h5-14,19,22-26H,15-18,31H2,1-4H3,(H,32,33)/t19-,22?,23?,24-,25?,26?,29-/m1/s1. The summed E-state index contributed by atoms with van der Waals surface area (Å²) in [7, 11) is -0.348. The van der Waals surface area contributed by atoms with Crippen molar-refractivity contribution in [1.29, 1.82) is 0 Å². The van der Waals surface area contributed by atoms with Crippen molar-refractivity contribution in [2.24, 2.45) is 23.0 Å². The molecule has 1 aliphatic heterocycles. The molecule has 1 heterocycles. The molecule has 0 spiro atoms. The lowest BCUT2D eigenvalue weighted by Crippen LogP contribution is -2.65. The number of hydrogen-bond donors (Lipinski definition) is 2. The van der Waals surface area contributed by atoms with Crippen molar-refractivity contribution in [3.8, 4) is 0 Å². The van der Waals surface area contributed by atoms with Crippen LogP contribution in [0.15, 0.2) is 60.7 Å². The number of nitrogens with one attached hydrogen (secondary N) is 1. The highest BCUT2D eigenvalue weighted by atomic mass is 16.7. The molecule has 6 rings (SSSR count). The van der Waals surface area contributed by atoms with Gasteiger partial charge in [0, 0.05) is 11.9 Å².